The normalized spacial score (nSPS) is 20.4. The highest BCUT2D eigenvalue weighted by atomic mass is 16.5. The van der Waals surface area contributed by atoms with Crippen LogP contribution in [0.3, 0.4) is 0 Å². The summed E-state index contributed by atoms with van der Waals surface area (Å²) in [5.41, 5.74) is 3.47. The third-order valence-electron chi connectivity index (χ3n) is 3.17. The van der Waals surface area contributed by atoms with Crippen LogP contribution in [0.1, 0.15) is 22.8 Å². The Kier molecular flexibility index (Phi) is 3.84. The summed E-state index contributed by atoms with van der Waals surface area (Å²) < 4.78 is 5.69. The van der Waals surface area contributed by atoms with Gasteiger partial charge in [0.15, 0.2) is 0 Å². The Morgan fingerprint density at radius 3 is 2.41 bits per heavy atom. The van der Waals surface area contributed by atoms with Crippen LogP contribution in [0.4, 0.5) is 0 Å². The predicted octanol–water partition coefficient (Wildman–Crippen LogP) is -0.356. The highest BCUT2D eigenvalue weighted by molar-refractivity contribution is 6.59. The third kappa shape index (κ3) is 2.69. The molecule has 4 nitrogen and oxygen atoms in total. The first-order valence-electron chi connectivity index (χ1n) is 5.89. The fourth-order valence-corrected chi connectivity index (χ4v) is 2.38. The van der Waals surface area contributed by atoms with E-state index in [4.69, 9.17) is 4.74 Å². The monoisotopic (exact) mass is 235 g/mol. The van der Waals surface area contributed by atoms with Crippen LogP contribution in [0.25, 0.3) is 0 Å². The summed E-state index contributed by atoms with van der Waals surface area (Å²) in [4.78, 5) is 0. The summed E-state index contributed by atoms with van der Waals surface area (Å²) in [6.45, 7) is 6.19. The third-order valence-corrected chi connectivity index (χ3v) is 3.17. The molecule has 1 fully saturated rings. The molecule has 1 heterocycles. The maximum atomic E-state index is 9.30. The lowest BCUT2D eigenvalue weighted by Crippen LogP contribution is -2.36. The van der Waals surface area contributed by atoms with Crippen LogP contribution in [0.5, 0.6) is 0 Å². The van der Waals surface area contributed by atoms with Gasteiger partial charge in [-0.3, -0.25) is 0 Å². The molecule has 2 rings (SSSR count). The predicted molar refractivity (Wildman–Crippen MR) is 67.3 cm³/mol. The lowest BCUT2D eigenvalue weighted by atomic mass is 9.73. The Hall–Kier alpha value is -0.875. The standard InChI is InChI=1S/C12H18BNO3/c1-8-5-10(11-7-14-3-4-17-11)6-9(2)12(8)13(15)16/h5-6,11,14-16H,3-4,7H2,1-2H3. The van der Waals surface area contributed by atoms with Gasteiger partial charge in [-0.15, -0.1) is 0 Å². The van der Waals surface area contributed by atoms with Crippen molar-refractivity contribution in [2.24, 2.45) is 0 Å². The van der Waals surface area contributed by atoms with Gasteiger partial charge in [0.1, 0.15) is 0 Å². The maximum absolute atomic E-state index is 9.30. The molecule has 1 aromatic rings. The molecule has 3 N–H and O–H groups in total. The second-order valence-electron chi connectivity index (χ2n) is 4.51. The van der Waals surface area contributed by atoms with Crippen LogP contribution in [0.15, 0.2) is 12.1 Å². The first kappa shape index (κ1) is 12.6. The van der Waals surface area contributed by atoms with Gasteiger partial charge in [-0.2, -0.15) is 0 Å². The number of hydrogen-bond donors (Lipinski definition) is 3. The van der Waals surface area contributed by atoms with Crippen molar-refractivity contribution in [1.29, 1.82) is 0 Å². The zero-order chi connectivity index (χ0) is 12.4. The zero-order valence-corrected chi connectivity index (χ0v) is 10.2. The summed E-state index contributed by atoms with van der Waals surface area (Å²) in [7, 11) is -1.41. The van der Waals surface area contributed by atoms with Crippen LogP contribution < -0.4 is 10.8 Å². The first-order valence-corrected chi connectivity index (χ1v) is 5.89. The molecule has 1 atom stereocenters. The molecule has 0 bridgehead atoms. The molecule has 1 aromatic carbocycles. The van der Waals surface area contributed by atoms with Crippen molar-refractivity contribution < 1.29 is 14.8 Å². The minimum absolute atomic E-state index is 0.0611. The van der Waals surface area contributed by atoms with Crippen molar-refractivity contribution in [3.63, 3.8) is 0 Å². The molecule has 92 valence electrons. The molecule has 1 unspecified atom stereocenters. The van der Waals surface area contributed by atoms with E-state index in [2.05, 4.69) is 5.32 Å². The number of morpholine rings is 1. The molecule has 17 heavy (non-hydrogen) atoms. The van der Waals surface area contributed by atoms with E-state index in [-0.39, 0.29) is 6.10 Å². The summed E-state index contributed by atoms with van der Waals surface area (Å²) >= 11 is 0. The van der Waals surface area contributed by atoms with Crippen LogP contribution in [0.2, 0.25) is 0 Å². The van der Waals surface area contributed by atoms with Crippen LogP contribution >= 0.6 is 0 Å². The fraction of sp³-hybridized carbons (Fsp3) is 0.500. The van der Waals surface area contributed by atoms with Gasteiger partial charge < -0.3 is 20.1 Å². The van der Waals surface area contributed by atoms with Crippen molar-refractivity contribution in [2.75, 3.05) is 19.7 Å². The summed E-state index contributed by atoms with van der Waals surface area (Å²) in [5, 5.41) is 21.9. The SMILES string of the molecule is Cc1cc(C2CNCCO2)cc(C)c1B(O)O. The molecule has 0 spiro atoms. The van der Waals surface area contributed by atoms with Gasteiger partial charge >= 0.3 is 7.12 Å². The fourth-order valence-electron chi connectivity index (χ4n) is 2.38. The smallest absolute Gasteiger partial charge is 0.423 e. The van der Waals surface area contributed by atoms with Gasteiger partial charge in [-0.25, -0.2) is 0 Å². The van der Waals surface area contributed by atoms with E-state index in [0.717, 1.165) is 29.8 Å². The summed E-state index contributed by atoms with van der Waals surface area (Å²) in [6.07, 6.45) is 0.0611. The van der Waals surface area contributed by atoms with Crippen LogP contribution in [-0.2, 0) is 4.74 Å². The lowest BCUT2D eigenvalue weighted by Gasteiger charge is -2.25. The minimum Gasteiger partial charge on any atom is -0.423 e. The average molecular weight is 235 g/mol. The molecule has 0 radical (unpaired) electrons. The summed E-state index contributed by atoms with van der Waals surface area (Å²) in [6, 6.07) is 3.94. The Morgan fingerprint density at radius 1 is 1.29 bits per heavy atom. The Bertz CT molecular complexity index is 380. The van der Waals surface area contributed by atoms with Crippen molar-refractivity contribution in [2.45, 2.75) is 20.0 Å². The van der Waals surface area contributed by atoms with E-state index in [1.807, 2.05) is 26.0 Å². The average Bonchev–Trinajstić information content (AvgIpc) is 2.28. The molecule has 1 aliphatic heterocycles. The molecule has 1 saturated heterocycles. The topological polar surface area (TPSA) is 61.7 Å². The van der Waals surface area contributed by atoms with E-state index < -0.39 is 7.12 Å². The van der Waals surface area contributed by atoms with Gasteiger partial charge in [-0.1, -0.05) is 23.3 Å². The Morgan fingerprint density at radius 2 is 1.94 bits per heavy atom. The zero-order valence-electron chi connectivity index (χ0n) is 10.2. The molecule has 5 heteroatoms. The molecule has 0 aliphatic carbocycles. The Balaban J connectivity index is 2.31. The number of ether oxygens (including phenoxy) is 1. The minimum atomic E-state index is -1.41. The van der Waals surface area contributed by atoms with Gasteiger partial charge in [0.25, 0.3) is 0 Å². The molecular weight excluding hydrogens is 217 g/mol. The first-order chi connectivity index (χ1) is 8.09. The number of hydrogen-bond acceptors (Lipinski definition) is 4. The van der Waals surface area contributed by atoms with Gasteiger partial charge in [0.05, 0.1) is 12.7 Å². The maximum Gasteiger partial charge on any atom is 0.488 e. The Labute approximate surface area is 102 Å². The van der Waals surface area contributed by atoms with Crippen LogP contribution in [0, 0.1) is 13.8 Å². The van der Waals surface area contributed by atoms with E-state index in [1.165, 1.54) is 0 Å². The number of rotatable bonds is 2. The largest absolute Gasteiger partial charge is 0.488 e. The second-order valence-corrected chi connectivity index (χ2v) is 4.51. The van der Waals surface area contributed by atoms with Gasteiger partial charge in [-0.05, 0) is 24.9 Å². The highest BCUT2D eigenvalue weighted by Crippen LogP contribution is 2.20. The van der Waals surface area contributed by atoms with E-state index in [1.54, 1.807) is 0 Å². The van der Waals surface area contributed by atoms with E-state index in [0.29, 0.717) is 12.1 Å². The van der Waals surface area contributed by atoms with Gasteiger partial charge in [0.2, 0.25) is 0 Å². The lowest BCUT2D eigenvalue weighted by molar-refractivity contribution is 0.0276. The second kappa shape index (κ2) is 5.18. The number of benzene rings is 1. The number of nitrogens with one attached hydrogen (secondary N) is 1. The molecule has 0 aromatic heterocycles. The van der Waals surface area contributed by atoms with Crippen molar-refractivity contribution in [3.05, 3.63) is 28.8 Å². The highest BCUT2D eigenvalue weighted by Gasteiger charge is 2.21. The van der Waals surface area contributed by atoms with Crippen molar-refractivity contribution in [1.82, 2.24) is 5.32 Å². The van der Waals surface area contributed by atoms with E-state index >= 15 is 0 Å². The van der Waals surface area contributed by atoms with Crippen molar-refractivity contribution in [3.8, 4) is 0 Å². The number of aryl methyl sites for hydroxylation is 2. The molecule has 1 aliphatic rings. The molecule has 0 saturated carbocycles. The summed E-state index contributed by atoms with van der Waals surface area (Å²) in [5.74, 6) is 0. The molecular formula is C12H18BNO3. The van der Waals surface area contributed by atoms with Crippen molar-refractivity contribution >= 4 is 12.6 Å². The quantitative estimate of drug-likeness (QED) is 0.613. The molecule has 0 amide bonds. The van der Waals surface area contributed by atoms with Crippen LogP contribution in [-0.4, -0.2) is 36.9 Å². The van der Waals surface area contributed by atoms with E-state index in [9.17, 15) is 10.0 Å². The van der Waals surface area contributed by atoms with Gasteiger partial charge in [0, 0.05) is 13.1 Å².